The van der Waals surface area contributed by atoms with Gasteiger partial charge in [0.15, 0.2) is 0 Å². The van der Waals surface area contributed by atoms with Crippen LogP contribution in [0.3, 0.4) is 0 Å². The Labute approximate surface area is 404 Å². The second-order valence-electron chi connectivity index (χ2n) is 17.7. The van der Waals surface area contributed by atoms with Crippen LogP contribution in [0.4, 0.5) is 0 Å². The van der Waals surface area contributed by atoms with Crippen LogP contribution < -0.4 is 0 Å². The van der Waals surface area contributed by atoms with Crippen LogP contribution in [0.2, 0.25) is 0 Å². The summed E-state index contributed by atoms with van der Waals surface area (Å²) in [6.45, 7) is 0. The summed E-state index contributed by atoms with van der Waals surface area (Å²) in [5.74, 6) is 0. The average Bonchev–Trinajstić information content (AvgIpc) is 3.96. The number of rotatable bonds is 9. The maximum Gasteiger partial charge on any atom is 0.0552 e. The average molecular weight is 899 g/mol. The number of nitrogens with zero attached hydrogens (tertiary/aromatic N) is 2. The van der Waals surface area contributed by atoms with Crippen molar-refractivity contribution in [3.63, 3.8) is 0 Å². The van der Waals surface area contributed by atoms with Gasteiger partial charge in [0.1, 0.15) is 0 Å². The van der Waals surface area contributed by atoms with Gasteiger partial charge in [-0.1, -0.05) is 182 Å². The molecule has 3 heteroatoms. The van der Waals surface area contributed by atoms with Gasteiger partial charge in [-0.3, -0.25) is 0 Å². The molecule has 13 aromatic rings. The minimum Gasteiger partial charge on any atom is -0.309 e. The summed E-state index contributed by atoms with van der Waals surface area (Å²) in [5, 5.41) is 4.96. The lowest BCUT2D eigenvalue weighted by Crippen LogP contribution is -2.05. The standard InChI is InChI=1S/C66H46N2S/c1-6-22-47(23-7-1)49-26-18-27-50(44-49)51-28-19-29-52(45-51)67-61-43-42-53(46-59(61)65-57(37-20-39-62(65)67)48-24-8-2-9-25-48)68-60-38-17-16-36-58(60)66-63(68)40-21-41-64(66)69(54-30-10-3-11-31-54,55-32-12-4-13-33-55)56-34-14-5-15-35-56/h1-46H. The van der Waals surface area contributed by atoms with Crippen molar-refractivity contribution in [3.8, 4) is 44.8 Å². The first kappa shape index (κ1) is 40.6. The Morgan fingerprint density at radius 3 is 1.32 bits per heavy atom. The van der Waals surface area contributed by atoms with Crippen molar-refractivity contribution in [1.29, 1.82) is 0 Å². The lowest BCUT2D eigenvalue weighted by Gasteiger charge is -2.42. The van der Waals surface area contributed by atoms with Gasteiger partial charge in [-0.2, -0.15) is 0 Å². The van der Waals surface area contributed by atoms with Crippen molar-refractivity contribution in [2.24, 2.45) is 0 Å². The molecule has 0 radical (unpaired) electrons. The van der Waals surface area contributed by atoms with Gasteiger partial charge in [0, 0.05) is 52.5 Å². The molecule has 2 nitrogen and oxygen atoms in total. The van der Waals surface area contributed by atoms with Crippen molar-refractivity contribution in [1.82, 2.24) is 9.13 Å². The third-order valence-electron chi connectivity index (χ3n) is 13.8. The molecule has 0 bridgehead atoms. The van der Waals surface area contributed by atoms with Crippen molar-refractivity contribution in [3.05, 3.63) is 279 Å². The first-order valence-corrected chi connectivity index (χ1v) is 25.3. The van der Waals surface area contributed by atoms with E-state index in [1.54, 1.807) is 0 Å². The van der Waals surface area contributed by atoms with Crippen LogP contribution in [0.15, 0.2) is 299 Å². The van der Waals surface area contributed by atoms with Crippen LogP contribution >= 0.6 is 10.0 Å². The van der Waals surface area contributed by atoms with E-state index < -0.39 is 10.0 Å². The minimum absolute atomic E-state index is 1.12. The van der Waals surface area contributed by atoms with Gasteiger partial charge in [0.25, 0.3) is 0 Å². The summed E-state index contributed by atoms with van der Waals surface area (Å²) in [5.41, 5.74) is 14.1. The van der Waals surface area contributed by atoms with E-state index in [9.17, 15) is 0 Å². The van der Waals surface area contributed by atoms with Crippen molar-refractivity contribution in [2.75, 3.05) is 0 Å². The predicted molar refractivity (Wildman–Crippen MR) is 291 cm³/mol. The molecule has 0 unspecified atom stereocenters. The van der Waals surface area contributed by atoms with Gasteiger partial charge in [-0.25, -0.2) is 0 Å². The number of fused-ring (bicyclic) bond motifs is 6. The second-order valence-corrected chi connectivity index (χ2v) is 20.7. The van der Waals surface area contributed by atoms with Gasteiger partial charge >= 0.3 is 0 Å². The molecule has 0 saturated carbocycles. The van der Waals surface area contributed by atoms with Crippen LogP contribution in [-0.2, 0) is 0 Å². The van der Waals surface area contributed by atoms with Gasteiger partial charge < -0.3 is 9.13 Å². The lowest BCUT2D eigenvalue weighted by molar-refractivity contribution is 1.16. The molecule has 2 aromatic heterocycles. The highest BCUT2D eigenvalue weighted by atomic mass is 32.3. The summed E-state index contributed by atoms with van der Waals surface area (Å²) >= 11 is 0. The van der Waals surface area contributed by atoms with E-state index in [1.807, 2.05) is 0 Å². The van der Waals surface area contributed by atoms with Crippen molar-refractivity contribution < 1.29 is 0 Å². The van der Waals surface area contributed by atoms with E-state index in [4.69, 9.17) is 0 Å². The Balaban J connectivity index is 1.07. The normalized spacial score (nSPS) is 12.0. The zero-order valence-electron chi connectivity index (χ0n) is 37.9. The van der Waals surface area contributed by atoms with Gasteiger partial charge in [0.2, 0.25) is 0 Å². The maximum absolute atomic E-state index is 2.51. The topological polar surface area (TPSA) is 9.86 Å². The first-order valence-electron chi connectivity index (χ1n) is 23.7. The molecule has 0 aliphatic rings. The smallest absolute Gasteiger partial charge is 0.0552 e. The number of benzene rings is 11. The largest absolute Gasteiger partial charge is 0.309 e. The summed E-state index contributed by atoms with van der Waals surface area (Å²) < 4.78 is 4.97. The van der Waals surface area contributed by atoms with E-state index in [2.05, 4.69) is 288 Å². The van der Waals surface area contributed by atoms with Crippen LogP contribution in [0.25, 0.3) is 88.4 Å². The predicted octanol–water partition coefficient (Wildman–Crippen LogP) is 18.2. The highest BCUT2D eigenvalue weighted by Gasteiger charge is 2.36. The van der Waals surface area contributed by atoms with Crippen LogP contribution in [-0.4, -0.2) is 9.13 Å². The number of aromatic nitrogens is 2. The minimum atomic E-state index is -1.98. The number of hydrogen-bond donors (Lipinski definition) is 0. The van der Waals surface area contributed by atoms with Gasteiger partial charge in [-0.05, 0) is 130 Å². The SMILES string of the molecule is c1ccc(-c2cccc(-c3cccc(-n4c5ccc(-n6c7ccccc7c7c(S(c8ccccc8)(c8ccccc8)c8ccccc8)cccc76)cc5c5c(-c6ccccc6)cccc54)c3)c2)cc1. The molecule has 2 heterocycles. The number of hydrogen-bond acceptors (Lipinski definition) is 0. The van der Waals surface area contributed by atoms with E-state index in [0.29, 0.717) is 0 Å². The highest BCUT2D eigenvalue weighted by Crippen LogP contribution is 2.75. The fourth-order valence-corrected chi connectivity index (χ4v) is 14.9. The molecular weight excluding hydrogens is 853 g/mol. The summed E-state index contributed by atoms with van der Waals surface area (Å²) in [6, 6.07) is 103. The molecule has 0 saturated heterocycles. The zero-order chi connectivity index (χ0) is 45.7. The van der Waals surface area contributed by atoms with E-state index in [0.717, 1.165) is 16.9 Å². The number of para-hydroxylation sites is 1. The molecule has 0 spiro atoms. The fourth-order valence-electron chi connectivity index (χ4n) is 10.9. The molecule has 0 aliphatic heterocycles. The molecule has 11 aromatic carbocycles. The summed E-state index contributed by atoms with van der Waals surface area (Å²) in [4.78, 5) is 5.25. The molecule has 0 atom stereocenters. The molecule has 326 valence electrons. The van der Waals surface area contributed by atoms with Crippen LogP contribution in [0.5, 0.6) is 0 Å². The van der Waals surface area contributed by atoms with Crippen LogP contribution in [0.1, 0.15) is 0 Å². The Morgan fingerprint density at radius 2 is 0.681 bits per heavy atom. The quantitative estimate of drug-likeness (QED) is 0.137. The summed E-state index contributed by atoms with van der Waals surface area (Å²) in [6.07, 6.45) is 0. The van der Waals surface area contributed by atoms with E-state index in [-0.39, 0.29) is 0 Å². The molecule has 0 aliphatic carbocycles. The van der Waals surface area contributed by atoms with Crippen LogP contribution in [0, 0.1) is 0 Å². The monoisotopic (exact) mass is 898 g/mol. The fraction of sp³-hybridized carbons (Fsp3) is 0. The Hall–Kier alpha value is -8.63. The Morgan fingerprint density at radius 1 is 0.246 bits per heavy atom. The highest BCUT2D eigenvalue weighted by molar-refractivity contribution is 8.34. The zero-order valence-corrected chi connectivity index (χ0v) is 38.7. The lowest BCUT2D eigenvalue weighted by atomic mass is 9.99. The van der Waals surface area contributed by atoms with Crippen molar-refractivity contribution >= 4 is 53.6 Å². The molecule has 0 amide bonds. The summed E-state index contributed by atoms with van der Waals surface area (Å²) in [7, 11) is -1.98. The van der Waals surface area contributed by atoms with Gasteiger partial charge in [-0.15, -0.1) is 10.0 Å². The third-order valence-corrected chi connectivity index (χ3v) is 17.7. The Kier molecular flexibility index (Phi) is 9.96. The Bertz CT molecular complexity index is 3890. The van der Waals surface area contributed by atoms with E-state index >= 15 is 0 Å². The third kappa shape index (κ3) is 6.65. The van der Waals surface area contributed by atoms with Crippen molar-refractivity contribution in [2.45, 2.75) is 19.6 Å². The molecule has 0 N–H and O–H groups in total. The second kappa shape index (κ2) is 16.9. The first-order chi connectivity index (χ1) is 34.3. The maximum atomic E-state index is 2.51. The molecule has 0 fully saturated rings. The van der Waals surface area contributed by atoms with Gasteiger partial charge in [0.05, 0.1) is 22.1 Å². The molecular formula is C66H46N2S. The van der Waals surface area contributed by atoms with E-state index in [1.165, 1.54) is 91.1 Å². The molecule has 13 rings (SSSR count). The molecule has 69 heavy (non-hydrogen) atoms.